The Kier molecular flexibility index (Phi) is 2.36. The second kappa shape index (κ2) is 3.82. The summed E-state index contributed by atoms with van der Waals surface area (Å²) < 4.78 is 4.89. The first-order valence-electron chi connectivity index (χ1n) is 4.36. The van der Waals surface area contributed by atoms with E-state index in [-0.39, 0.29) is 5.69 Å². The zero-order valence-corrected chi connectivity index (χ0v) is 8.01. The summed E-state index contributed by atoms with van der Waals surface area (Å²) in [7, 11) is 0. The maximum absolute atomic E-state index is 11.2. The summed E-state index contributed by atoms with van der Waals surface area (Å²) in [6.45, 7) is 0. The maximum atomic E-state index is 11.2. The van der Waals surface area contributed by atoms with Gasteiger partial charge in [-0.05, 0) is 17.6 Å². The highest BCUT2D eigenvalue weighted by Crippen LogP contribution is 2.18. The number of nitroso groups, excluding NO2 is 1. The Labute approximate surface area is 89.3 Å². The van der Waals surface area contributed by atoms with E-state index in [1.165, 1.54) is 30.5 Å². The summed E-state index contributed by atoms with van der Waals surface area (Å²) in [6, 6.07) is 7.26. The molecule has 0 unspecified atom stereocenters. The zero-order chi connectivity index (χ0) is 11.5. The van der Waals surface area contributed by atoms with Crippen molar-refractivity contribution in [1.82, 2.24) is 5.43 Å². The molecule has 6 nitrogen and oxygen atoms in total. The van der Waals surface area contributed by atoms with E-state index in [1.807, 2.05) is 5.43 Å². The van der Waals surface area contributed by atoms with Crippen LogP contribution in [0.1, 0.15) is 0 Å². The van der Waals surface area contributed by atoms with Crippen molar-refractivity contribution in [3.8, 4) is 6.19 Å². The lowest BCUT2D eigenvalue weighted by atomic mass is 10.2. The number of nitrogens with zero attached hydrogens (tertiary/aromatic N) is 2. The summed E-state index contributed by atoms with van der Waals surface area (Å²) in [5, 5.41) is 8.89. The number of rotatable bonds is 2. The molecule has 0 fully saturated rings. The predicted molar refractivity (Wildman–Crippen MR) is 54.5 cm³/mol. The molecule has 1 aromatic heterocycles. The Balaban J connectivity index is 2.53. The van der Waals surface area contributed by atoms with Crippen LogP contribution in [0.5, 0.6) is 0 Å². The minimum Gasteiger partial charge on any atom is -0.423 e. The van der Waals surface area contributed by atoms with Crippen LogP contribution in [0.4, 0.5) is 5.69 Å². The second-order valence-corrected chi connectivity index (χ2v) is 2.99. The van der Waals surface area contributed by atoms with E-state index in [2.05, 4.69) is 0 Å². The molecule has 78 valence electrons. The smallest absolute Gasteiger partial charge is 0.336 e. The first kappa shape index (κ1) is 9.86. The highest BCUT2D eigenvalue weighted by molar-refractivity contribution is 5.78. The third kappa shape index (κ3) is 1.74. The number of hydrogen-bond donors (Lipinski definition) is 1. The summed E-state index contributed by atoms with van der Waals surface area (Å²) in [4.78, 5) is 22.5. The van der Waals surface area contributed by atoms with Crippen LogP contribution < -0.4 is 11.1 Å². The Morgan fingerprint density at radius 2 is 2.12 bits per heavy atom. The van der Waals surface area contributed by atoms with E-state index in [0.29, 0.717) is 15.8 Å². The molecule has 0 atom stereocenters. The molecule has 1 N–H and O–H groups in total. The Hall–Kier alpha value is -2.68. The quantitative estimate of drug-likeness (QED) is 0.268. The van der Waals surface area contributed by atoms with Crippen molar-refractivity contribution in [3.63, 3.8) is 0 Å². The summed E-state index contributed by atoms with van der Waals surface area (Å²) in [5.41, 5.74) is 2.12. The van der Waals surface area contributed by atoms with E-state index in [9.17, 15) is 9.70 Å². The van der Waals surface area contributed by atoms with Gasteiger partial charge in [-0.3, -0.25) is 0 Å². The molecule has 0 bridgehead atoms. The summed E-state index contributed by atoms with van der Waals surface area (Å²) in [6.07, 6.45) is 1.51. The predicted octanol–water partition coefficient (Wildman–Crippen LogP) is 1.19. The van der Waals surface area contributed by atoms with Gasteiger partial charge >= 0.3 is 5.63 Å². The van der Waals surface area contributed by atoms with Gasteiger partial charge in [0.1, 0.15) is 5.58 Å². The fourth-order valence-corrected chi connectivity index (χ4v) is 1.30. The first-order valence-corrected chi connectivity index (χ1v) is 4.36. The van der Waals surface area contributed by atoms with Crippen molar-refractivity contribution in [2.24, 2.45) is 0 Å². The number of hydrogen-bond acceptors (Lipinski definition) is 4. The molecule has 1 heterocycles. The molecule has 2 aromatic rings. The number of nitriles is 1. The SMILES string of the molecule is N#CN[N+](=O)c1ccc2oc(=O)ccc2c1. The Bertz CT molecular complexity index is 654. The van der Waals surface area contributed by atoms with Crippen LogP contribution in [-0.4, -0.2) is 4.87 Å². The molecule has 0 amide bonds. The molecule has 2 rings (SSSR count). The van der Waals surface area contributed by atoms with Crippen molar-refractivity contribution < 1.29 is 9.29 Å². The fourth-order valence-electron chi connectivity index (χ4n) is 1.30. The first-order chi connectivity index (χ1) is 7.70. The summed E-state index contributed by atoms with van der Waals surface area (Å²) >= 11 is 0. The van der Waals surface area contributed by atoms with Crippen molar-refractivity contribution in [1.29, 1.82) is 5.26 Å². The maximum Gasteiger partial charge on any atom is 0.336 e. The van der Waals surface area contributed by atoms with Crippen LogP contribution in [0.15, 0.2) is 39.5 Å². The molecule has 6 heteroatoms. The fraction of sp³-hybridized carbons (Fsp3) is 0. The number of hydrazine groups is 1. The lowest BCUT2D eigenvalue weighted by Gasteiger charge is -1.94. The molecule has 0 aliphatic carbocycles. The van der Waals surface area contributed by atoms with Gasteiger partial charge < -0.3 is 4.42 Å². The van der Waals surface area contributed by atoms with Gasteiger partial charge in [-0.2, -0.15) is 5.26 Å². The zero-order valence-electron chi connectivity index (χ0n) is 8.01. The minimum atomic E-state index is -0.450. The van der Waals surface area contributed by atoms with E-state index >= 15 is 0 Å². The monoisotopic (exact) mass is 216 g/mol. The molecular weight excluding hydrogens is 210 g/mol. The van der Waals surface area contributed by atoms with Crippen LogP contribution in [0.25, 0.3) is 11.0 Å². The topological polar surface area (TPSA) is 86.1 Å². The number of nitrogens with one attached hydrogen (secondary N) is 1. The molecule has 1 aromatic carbocycles. The van der Waals surface area contributed by atoms with E-state index < -0.39 is 5.63 Å². The van der Waals surface area contributed by atoms with Crippen LogP contribution in [0.3, 0.4) is 0 Å². The van der Waals surface area contributed by atoms with E-state index in [4.69, 9.17) is 9.68 Å². The van der Waals surface area contributed by atoms with Gasteiger partial charge in [0.05, 0.1) is 4.91 Å². The van der Waals surface area contributed by atoms with Crippen molar-refractivity contribution in [2.45, 2.75) is 0 Å². The molecule has 0 saturated heterocycles. The van der Waals surface area contributed by atoms with Gasteiger partial charge in [-0.25, -0.2) is 4.79 Å². The van der Waals surface area contributed by atoms with Gasteiger partial charge in [-0.1, -0.05) is 0 Å². The highest BCUT2D eigenvalue weighted by atomic mass is 16.4. The lowest BCUT2D eigenvalue weighted by molar-refractivity contribution is -0.513. The van der Waals surface area contributed by atoms with Gasteiger partial charge in [0.2, 0.25) is 6.19 Å². The molecule has 0 saturated carbocycles. The largest absolute Gasteiger partial charge is 0.423 e. The van der Waals surface area contributed by atoms with E-state index in [1.54, 1.807) is 6.07 Å². The molecule has 0 radical (unpaired) electrons. The van der Waals surface area contributed by atoms with Crippen LogP contribution >= 0.6 is 0 Å². The van der Waals surface area contributed by atoms with Gasteiger partial charge in [0, 0.05) is 23.6 Å². The van der Waals surface area contributed by atoms with Crippen LogP contribution in [0.2, 0.25) is 0 Å². The van der Waals surface area contributed by atoms with Crippen molar-refractivity contribution in [2.75, 3.05) is 0 Å². The second-order valence-electron chi connectivity index (χ2n) is 2.99. The minimum absolute atomic E-state index is 0.253. The third-order valence-corrected chi connectivity index (χ3v) is 1.99. The molecule has 0 aliphatic rings. The lowest BCUT2D eigenvalue weighted by Crippen LogP contribution is -2.15. The van der Waals surface area contributed by atoms with Gasteiger partial charge in [0.25, 0.3) is 5.69 Å². The molecule has 0 aliphatic heterocycles. The van der Waals surface area contributed by atoms with Gasteiger partial charge in [0.15, 0.2) is 4.87 Å². The van der Waals surface area contributed by atoms with Gasteiger partial charge in [-0.15, -0.1) is 0 Å². The van der Waals surface area contributed by atoms with Crippen molar-refractivity contribution in [3.05, 3.63) is 45.7 Å². The number of benzene rings is 1. The average Bonchev–Trinajstić information content (AvgIpc) is 2.28. The Morgan fingerprint density at radius 1 is 1.31 bits per heavy atom. The molecule has 16 heavy (non-hydrogen) atoms. The van der Waals surface area contributed by atoms with Crippen molar-refractivity contribution >= 4 is 16.7 Å². The number of fused-ring (bicyclic) bond motifs is 1. The van der Waals surface area contributed by atoms with E-state index in [0.717, 1.165) is 0 Å². The van der Waals surface area contributed by atoms with Crippen LogP contribution in [-0.2, 0) is 0 Å². The highest BCUT2D eigenvalue weighted by Gasteiger charge is 2.13. The molecular formula is C10H6N3O3+. The average molecular weight is 216 g/mol. The normalized spacial score (nSPS) is 9.69. The standard InChI is InChI=1S/C10H6N3O3/c11-6-12-13(15)8-2-3-9-7(5-8)1-4-10(14)16-9/h1-5H,(H,12,15)/q+1. The third-order valence-electron chi connectivity index (χ3n) is 1.99. The Morgan fingerprint density at radius 3 is 2.88 bits per heavy atom. The van der Waals surface area contributed by atoms with Crippen LogP contribution in [0, 0.1) is 16.4 Å². The molecule has 0 spiro atoms. The summed E-state index contributed by atoms with van der Waals surface area (Å²) in [5.74, 6) is 0.